The third-order valence-electron chi connectivity index (χ3n) is 4.99. The van der Waals surface area contributed by atoms with Gasteiger partial charge in [-0.05, 0) is 37.3 Å². The molecule has 1 aromatic carbocycles. The summed E-state index contributed by atoms with van der Waals surface area (Å²) >= 11 is 0. The van der Waals surface area contributed by atoms with E-state index >= 15 is 0 Å². The van der Waals surface area contributed by atoms with Crippen molar-refractivity contribution < 1.29 is 14.3 Å². The Bertz CT molecular complexity index is 945. The zero-order valence-electron chi connectivity index (χ0n) is 14.6. The maximum Gasteiger partial charge on any atom is 0.254 e. The van der Waals surface area contributed by atoms with Crippen molar-refractivity contribution in [3.05, 3.63) is 53.7 Å². The molecule has 1 aliphatic rings. The number of aliphatic hydroxyl groups is 1. The van der Waals surface area contributed by atoms with Gasteiger partial charge in [-0.15, -0.1) is 0 Å². The quantitative estimate of drug-likeness (QED) is 0.740. The highest BCUT2D eigenvalue weighted by molar-refractivity contribution is 5.97. The number of fused-ring (bicyclic) bond motifs is 1. The van der Waals surface area contributed by atoms with Gasteiger partial charge in [0.1, 0.15) is 11.5 Å². The molecule has 0 spiro atoms. The second-order valence-corrected chi connectivity index (χ2v) is 6.79. The van der Waals surface area contributed by atoms with Crippen LogP contribution < -0.4 is 5.73 Å². The molecule has 3 N–H and O–H groups in total. The topological polar surface area (TPSA) is 97.5 Å². The lowest BCUT2D eigenvalue weighted by Crippen LogP contribution is -2.32. The molecule has 0 aliphatic carbocycles. The molecule has 1 aliphatic heterocycles. The first-order valence-corrected chi connectivity index (χ1v) is 8.74. The van der Waals surface area contributed by atoms with Gasteiger partial charge in [0.25, 0.3) is 5.91 Å². The van der Waals surface area contributed by atoms with Gasteiger partial charge in [-0.3, -0.25) is 4.79 Å². The molecule has 2 aromatic heterocycles. The Morgan fingerprint density at radius 1 is 1.35 bits per heavy atom. The predicted octanol–water partition coefficient (Wildman–Crippen LogP) is 1.50. The molecule has 7 heteroatoms. The van der Waals surface area contributed by atoms with Crippen molar-refractivity contribution in [1.82, 2.24) is 14.5 Å². The number of amides is 1. The number of rotatable bonds is 4. The summed E-state index contributed by atoms with van der Waals surface area (Å²) in [6.45, 7) is 3.47. The summed E-state index contributed by atoms with van der Waals surface area (Å²) in [7, 11) is 0. The van der Waals surface area contributed by atoms with Crippen LogP contribution >= 0.6 is 0 Å². The lowest BCUT2D eigenvalue weighted by molar-refractivity contribution is 0.0788. The molecule has 3 aromatic rings. The molecule has 1 amide bonds. The number of carbonyl (C=O) groups excluding carboxylic acids is 1. The first-order valence-electron chi connectivity index (χ1n) is 8.74. The van der Waals surface area contributed by atoms with Gasteiger partial charge in [-0.25, -0.2) is 4.98 Å². The van der Waals surface area contributed by atoms with E-state index in [1.54, 1.807) is 23.4 Å². The van der Waals surface area contributed by atoms with E-state index in [2.05, 4.69) is 4.98 Å². The molecular formula is C19H22N4O3. The Morgan fingerprint density at radius 3 is 2.92 bits per heavy atom. The number of likely N-dealkylation sites (tertiary alicyclic amines) is 1. The van der Waals surface area contributed by atoms with Crippen LogP contribution in [0.3, 0.4) is 0 Å². The number of nitrogens with two attached hydrogens (primary N) is 1. The number of aromatic nitrogens is 2. The number of hydrogen-bond acceptors (Lipinski definition) is 5. The summed E-state index contributed by atoms with van der Waals surface area (Å²) in [4.78, 5) is 19.0. The molecule has 2 atom stereocenters. The van der Waals surface area contributed by atoms with E-state index in [0.717, 1.165) is 22.6 Å². The summed E-state index contributed by atoms with van der Waals surface area (Å²) in [5, 5.41) is 9.10. The molecule has 2 unspecified atom stereocenters. The van der Waals surface area contributed by atoms with Crippen LogP contribution in [0.15, 0.2) is 41.1 Å². The number of hydrogen-bond donors (Lipinski definition) is 2. The minimum atomic E-state index is -0.142. The molecule has 7 nitrogen and oxygen atoms in total. The van der Waals surface area contributed by atoms with Crippen LogP contribution in [0.2, 0.25) is 0 Å². The molecular weight excluding hydrogens is 332 g/mol. The highest BCUT2D eigenvalue weighted by Crippen LogP contribution is 2.29. The van der Waals surface area contributed by atoms with Gasteiger partial charge in [-0.2, -0.15) is 0 Å². The maximum absolute atomic E-state index is 12.9. The Hall–Kier alpha value is -2.64. The average molecular weight is 354 g/mol. The van der Waals surface area contributed by atoms with Gasteiger partial charge in [0.05, 0.1) is 29.9 Å². The number of imidazole rings is 1. The fraction of sp³-hybridized carbons (Fsp3) is 0.368. The van der Waals surface area contributed by atoms with E-state index < -0.39 is 0 Å². The number of benzene rings is 1. The van der Waals surface area contributed by atoms with Crippen molar-refractivity contribution in [3.63, 3.8) is 0 Å². The SMILES string of the molecule is Cc1ccc(C2CN(C(=O)c3ccc4c(c3)ncn4CCO)CC2N)o1. The number of furan rings is 1. The van der Waals surface area contributed by atoms with E-state index in [9.17, 15) is 4.79 Å². The zero-order chi connectivity index (χ0) is 18.3. The summed E-state index contributed by atoms with van der Waals surface area (Å²) in [6, 6.07) is 9.18. The maximum atomic E-state index is 12.9. The minimum absolute atomic E-state index is 0.0140. The van der Waals surface area contributed by atoms with Crippen LogP contribution in [0, 0.1) is 6.92 Å². The van der Waals surface area contributed by atoms with E-state index in [1.165, 1.54) is 0 Å². The number of nitrogens with zero attached hydrogens (tertiary/aromatic N) is 3. The first-order chi connectivity index (χ1) is 12.6. The summed E-state index contributed by atoms with van der Waals surface area (Å²) in [5.74, 6) is 1.65. The van der Waals surface area contributed by atoms with Crippen molar-refractivity contribution in [1.29, 1.82) is 0 Å². The Labute approximate surface area is 151 Å². The summed E-state index contributed by atoms with van der Waals surface area (Å²) in [6.07, 6.45) is 1.68. The van der Waals surface area contributed by atoms with Crippen LogP contribution in [0.25, 0.3) is 11.0 Å². The van der Waals surface area contributed by atoms with Gasteiger partial charge in [0.15, 0.2) is 0 Å². The van der Waals surface area contributed by atoms with Crippen molar-refractivity contribution in [2.45, 2.75) is 25.4 Å². The number of aliphatic hydroxyl groups excluding tert-OH is 1. The second-order valence-electron chi connectivity index (χ2n) is 6.79. The predicted molar refractivity (Wildman–Crippen MR) is 96.9 cm³/mol. The smallest absolute Gasteiger partial charge is 0.254 e. The normalized spacial score (nSPS) is 20.2. The fourth-order valence-corrected chi connectivity index (χ4v) is 3.61. The summed E-state index contributed by atoms with van der Waals surface area (Å²) in [5.41, 5.74) is 8.50. The lowest BCUT2D eigenvalue weighted by Gasteiger charge is -2.16. The van der Waals surface area contributed by atoms with Crippen LogP contribution in [0.1, 0.15) is 27.8 Å². The molecule has 3 heterocycles. The molecule has 0 saturated carbocycles. The van der Waals surface area contributed by atoms with Gasteiger partial charge in [-0.1, -0.05) is 0 Å². The number of carbonyl (C=O) groups is 1. The Balaban J connectivity index is 1.55. The second kappa shape index (κ2) is 6.59. The standard InChI is InChI=1S/C19H22N4O3/c1-12-2-5-18(26-12)14-9-23(10-15(14)20)19(25)13-3-4-17-16(8-13)21-11-22(17)6-7-24/h2-5,8,11,14-15,24H,6-7,9-10,20H2,1H3. The van der Waals surface area contributed by atoms with Gasteiger partial charge in [0, 0.05) is 31.2 Å². The average Bonchev–Trinajstić information content (AvgIpc) is 3.33. The number of aryl methyl sites for hydroxylation is 1. The molecule has 1 fully saturated rings. The molecule has 136 valence electrons. The lowest BCUT2D eigenvalue weighted by atomic mass is 10.0. The zero-order valence-corrected chi connectivity index (χ0v) is 14.6. The highest BCUT2D eigenvalue weighted by atomic mass is 16.3. The first kappa shape index (κ1) is 16.8. The van der Waals surface area contributed by atoms with Crippen LogP contribution in [0.5, 0.6) is 0 Å². The van der Waals surface area contributed by atoms with Crippen molar-refractivity contribution >= 4 is 16.9 Å². The van der Waals surface area contributed by atoms with E-state index in [-0.39, 0.29) is 24.5 Å². The van der Waals surface area contributed by atoms with Crippen molar-refractivity contribution in [2.24, 2.45) is 5.73 Å². The van der Waals surface area contributed by atoms with E-state index in [4.69, 9.17) is 15.3 Å². The van der Waals surface area contributed by atoms with Gasteiger partial charge in [0.2, 0.25) is 0 Å². The van der Waals surface area contributed by atoms with Gasteiger partial charge < -0.3 is 24.7 Å². The fourth-order valence-electron chi connectivity index (χ4n) is 3.61. The molecule has 0 radical (unpaired) electrons. The minimum Gasteiger partial charge on any atom is -0.466 e. The molecule has 4 rings (SSSR count). The Morgan fingerprint density at radius 2 is 2.19 bits per heavy atom. The monoisotopic (exact) mass is 354 g/mol. The van der Waals surface area contributed by atoms with E-state index in [1.807, 2.05) is 29.7 Å². The largest absolute Gasteiger partial charge is 0.466 e. The molecule has 26 heavy (non-hydrogen) atoms. The molecule has 0 bridgehead atoms. The van der Waals surface area contributed by atoms with Crippen LogP contribution in [-0.2, 0) is 6.54 Å². The van der Waals surface area contributed by atoms with Crippen LogP contribution in [0.4, 0.5) is 0 Å². The third kappa shape index (κ3) is 2.89. The third-order valence-corrected chi connectivity index (χ3v) is 4.99. The molecule has 1 saturated heterocycles. The summed E-state index contributed by atoms with van der Waals surface area (Å²) < 4.78 is 7.57. The van der Waals surface area contributed by atoms with Gasteiger partial charge >= 0.3 is 0 Å². The Kier molecular flexibility index (Phi) is 4.26. The van der Waals surface area contributed by atoms with Crippen LogP contribution in [-0.4, -0.2) is 51.2 Å². The highest BCUT2D eigenvalue weighted by Gasteiger charge is 2.36. The van der Waals surface area contributed by atoms with Crippen molar-refractivity contribution in [2.75, 3.05) is 19.7 Å². The van der Waals surface area contributed by atoms with E-state index in [0.29, 0.717) is 25.2 Å². The van der Waals surface area contributed by atoms with Crippen molar-refractivity contribution in [3.8, 4) is 0 Å².